The second-order valence-electron chi connectivity index (χ2n) is 11.5. The van der Waals surface area contributed by atoms with Crippen LogP contribution in [0.4, 0.5) is 11.4 Å². The van der Waals surface area contributed by atoms with Crippen LogP contribution in [0, 0.1) is 10.1 Å². The molecule has 0 bridgehead atoms. The maximum atomic E-state index is 12.0. The molecular weight excluding hydrogens is 635 g/mol. The van der Waals surface area contributed by atoms with Crippen molar-refractivity contribution in [3.8, 4) is 5.75 Å². The molecule has 0 N–H and O–H groups in total. The van der Waals surface area contributed by atoms with E-state index in [1.807, 2.05) is 29.6 Å². The normalized spacial score (nSPS) is 24.0. The summed E-state index contributed by atoms with van der Waals surface area (Å²) in [7, 11) is 2.09. The molecule has 1 unspecified atom stereocenters. The van der Waals surface area contributed by atoms with Gasteiger partial charge in [-0.1, -0.05) is 18.2 Å². The van der Waals surface area contributed by atoms with Crippen LogP contribution in [0.3, 0.4) is 0 Å². The van der Waals surface area contributed by atoms with E-state index in [0.29, 0.717) is 6.54 Å². The molecule has 0 aromatic heterocycles. The molecular formula is C32H43N3O3S5. The molecule has 234 valence electrons. The predicted octanol–water partition coefficient (Wildman–Crippen LogP) is 7.61. The number of hydrogen-bond donors (Lipinski definition) is 0. The number of nitro benzene ring substituents is 1. The van der Waals surface area contributed by atoms with Gasteiger partial charge in [-0.2, -0.15) is 58.8 Å². The highest BCUT2D eigenvalue weighted by Gasteiger charge is 2.57. The molecule has 3 aliphatic heterocycles. The molecule has 1 spiro atoms. The van der Waals surface area contributed by atoms with E-state index in [9.17, 15) is 10.1 Å². The second-order valence-corrected chi connectivity index (χ2v) is 17.6. The van der Waals surface area contributed by atoms with Crippen LogP contribution in [-0.4, -0.2) is 93.2 Å². The summed E-state index contributed by atoms with van der Waals surface area (Å²) in [6.45, 7) is 7.00. The van der Waals surface area contributed by atoms with E-state index in [2.05, 4.69) is 96.3 Å². The van der Waals surface area contributed by atoms with Crippen LogP contribution in [0.1, 0.15) is 30.5 Å². The number of hydrogen-bond acceptors (Lipinski definition) is 10. The molecule has 0 radical (unpaired) electrons. The van der Waals surface area contributed by atoms with E-state index in [1.165, 1.54) is 51.6 Å². The first kappa shape index (κ1) is 33.3. The summed E-state index contributed by atoms with van der Waals surface area (Å²) in [6.07, 6.45) is 4.14. The average Bonchev–Trinajstić information content (AvgIpc) is 3.16. The minimum atomic E-state index is -0.721. The molecule has 0 amide bonds. The van der Waals surface area contributed by atoms with Crippen molar-refractivity contribution in [3.63, 3.8) is 0 Å². The highest BCUT2D eigenvalue weighted by atomic mass is 32.2. The Hall–Kier alpha value is -1.11. The Bertz CT molecular complexity index is 1270. The predicted molar refractivity (Wildman–Crippen MR) is 195 cm³/mol. The van der Waals surface area contributed by atoms with Gasteiger partial charge in [-0.15, -0.1) is 0 Å². The number of ether oxygens (including phenoxy) is 1. The zero-order valence-corrected chi connectivity index (χ0v) is 29.5. The van der Waals surface area contributed by atoms with Crippen molar-refractivity contribution >= 4 is 76.3 Å². The smallest absolute Gasteiger partial charge is 0.270 e. The number of para-hydroxylation sites is 1. The molecule has 2 aromatic carbocycles. The number of non-ortho nitro benzene ring substituents is 1. The number of thioether (sulfide) groups is 5. The third-order valence-corrected chi connectivity index (χ3v) is 14.4. The number of likely N-dealkylation sites (N-methyl/N-ethyl adjacent to an activating group) is 1. The van der Waals surface area contributed by atoms with Crippen molar-refractivity contribution in [1.29, 1.82) is 0 Å². The first-order chi connectivity index (χ1) is 20.8. The van der Waals surface area contributed by atoms with Gasteiger partial charge in [-0.05, 0) is 37.6 Å². The monoisotopic (exact) mass is 677 g/mol. The number of nitro groups is 1. The van der Waals surface area contributed by atoms with Crippen molar-refractivity contribution in [2.75, 3.05) is 82.6 Å². The molecule has 0 saturated carbocycles. The molecule has 3 aliphatic rings. The third-order valence-electron chi connectivity index (χ3n) is 8.45. The Morgan fingerprint density at radius 2 is 1.42 bits per heavy atom. The number of anilines is 1. The van der Waals surface area contributed by atoms with Crippen molar-refractivity contribution in [2.24, 2.45) is 0 Å². The number of nitrogens with zero attached hydrogens (tertiary/aromatic N) is 3. The Morgan fingerprint density at radius 3 is 1.98 bits per heavy atom. The van der Waals surface area contributed by atoms with E-state index in [4.69, 9.17) is 4.74 Å². The van der Waals surface area contributed by atoms with Gasteiger partial charge in [-0.25, -0.2) is 0 Å². The van der Waals surface area contributed by atoms with Gasteiger partial charge < -0.3 is 9.64 Å². The summed E-state index contributed by atoms with van der Waals surface area (Å²) in [5.74, 6) is 12.6. The highest BCUT2D eigenvalue weighted by Crippen LogP contribution is 2.54. The molecule has 2 aromatic rings. The van der Waals surface area contributed by atoms with Gasteiger partial charge in [0.25, 0.3) is 5.69 Å². The number of rotatable bonds is 3. The lowest BCUT2D eigenvalue weighted by molar-refractivity contribution is -0.385. The summed E-state index contributed by atoms with van der Waals surface area (Å²) in [6, 6.07) is 11.9. The zero-order chi connectivity index (χ0) is 30.3. The molecule has 11 heteroatoms. The van der Waals surface area contributed by atoms with Crippen LogP contribution >= 0.6 is 58.8 Å². The summed E-state index contributed by atoms with van der Waals surface area (Å²) < 4.78 is 7.09. The van der Waals surface area contributed by atoms with Crippen LogP contribution in [0.5, 0.6) is 5.75 Å². The second kappa shape index (κ2) is 15.5. The van der Waals surface area contributed by atoms with Crippen molar-refractivity contribution in [2.45, 2.75) is 31.5 Å². The van der Waals surface area contributed by atoms with E-state index < -0.39 is 5.72 Å². The lowest BCUT2D eigenvalue weighted by Gasteiger charge is -2.46. The molecule has 0 aliphatic carbocycles. The molecule has 1 atom stereocenters. The van der Waals surface area contributed by atoms with Gasteiger partial charge in [0.05, 0.1) is 10.3 Å². The summed E-state index contributed by atoms with van der Waals surface area (Å²) in [5, 5.41) is 12.0. The fraction of sp³-hybridized carbons (Fsp3) is 0.562. The quantitative estimate of drug-likeness (QED) is 0.240. The van der Waals surface area contributed by atoms with Gasteiger partial charge in [0, 0.05) is 113 Å². The minimum Gasteiger partial charge on any atom is -0.462 e. The molecule has 6 nitrogen and oxygen atoms in total. The Morgan fingerprint density at radius 1 is 0.860 bits per heavy atom. The van der Waals surface area contributed by atoms with Crippen LogP contribution in [0.25, 0.3) is 6.08 Å². The van der Waals surface area contributed by atoms with Crippen LogP contribution in [0.2, 0.25) is 0 Å². The first-order valence-corrected chi connectivity index (χ1v) is 20.7. The maximum Gasteiger partial charge on any atom is 0.270 e. The van der Waals surface area contributed by atoms with Crippen LogP contribution < -0.4 is 9.64 Å². The number of benzene rings is 2. The van der Waals surface area contributed by atoms with E-state index >= 15 is 0 Å². The van der Waals surface area contributed by atoms with E-state index in [-0.39, 0.29) is 16.0 Å². The van der Waals surface area contributed by atoms with Gasteiger partial charge in [0.2, 0.25) is 5.72 Å². The Balaban J connectivity index is 1.38. The summed E-state index contributed by atoms with van der Waals surface area (Å²) in [5.41, 5.74) is 3.15. The summed E-state index contributed by atoms with van der Waals surface area (Å²) in [4.78, 5) is 16.4. The largest absolute Gasteiger partial charge is 0.462 e. The molecule has 1 saturated heterocycles. The molecule has 5 rings (SSSR count). The Kier molecular flexibility index (Phi) is 12.0. The SMILES string of the molecule is CN1c2ccccc2C(C)(C)C12C=Cc1cc([N+](=O)[O-])cc(CN3CCSCCSCCSCCSCCSCC3)c1O2. The minimum absolute atomic E-state index is 0.123. The van der Waals surface area contributed by atoms with Crippen molar-refractivity contribution in [1.82, 2.24) is 4.90 Å². The van der Waals surface area contributed by atoms with Crippen molar-refractivity contribution < 1.29 is 9.66 Å². The standard InChI is InChI=1S/C32H43N3O3S5/c1-31(2)28-6-4-5-7-29(28)33(3)32(31)9-8-25-22-27(35(36)37)23-26(30(25)38-32)24-34-10-12-39-14-16-41-18-20-43-21-19-42-17-15-40-13-11-34/h4-9,22-23H,10-21,24H2,1-3H3. The molecule has 3 heterocycles. The topological polar surface area (TPSA) is 58.8 Å². The highest BCUT2D eigenvalue weighted by molar-refractivity contribution is 8.05. The van der Waals surface area contributed by atoms with Crippen molar-refractivity contribution in [3.05, 3.63) is 69.3 Å². The van der Waals surface area contributed by atoms with Gasteiger partial charge in [0.1, 0.15) is 5.75 Å². The Labute approximate surface area is 278 Å². The zero-order valence-electron chi connectivity index (χ0n) is 25.4. The van der Waals surface area contributed by atoms with Gasteiger partial charge in [0.15, 0.2) is 0 Å². The first-order valence-electron chi connectivity index (χ1n) is 15.0. The molecule has 43 heavy (non-hydrogen) atoms. The lowest BCUT2D eigenvalue weighted by Crippen LogP contribution is -2.58. The summed E-state index contributed by atoms with van der Waals surface area (Å²) >= 11 is 10.3. The molecule has 1 fully saturated rings. The van der Waals surface area contributed by atoms with E-state index in [1.54, 1.807) is 12.1 Å². The average molecular weight is 678 g/mol. The van der Waals surface area contributed by atoms with E-state index in [0.717, 1.165) is 47.2 Å². The maximum absolute atomic E-state index is 12.0. The van der Waals surface area contributed by atoms with Gasteiger partial charge >= 0.3 is 0 Å². The number of fused-ring (bicyclic) bond motifs is 2. The third kappa shape index (κ3) is 7.65. The fourth-order valence-corrected chi connectivity index (χ4v) is 11.6. The van der Waals surface area contributed by atoms with Crippen LogP contribution in [-0.2, 0) is 12.0 Å². The fourth-order valence-electron chi connectivity index (χ4n) is 6.04. The van der Waals surface area contributed by atoms with Gasteiger partial charge in [-0.3, -0.25) is 15.0 Å². The van der Waals surface area contributed by atoms with Crippen LogP contribution in [0.15, 0.2) is 42.5 Å². The lowest BCUT2D eigenvalue weighted by atomic mass is 9.76.